The Balaban J connectivity index is 2.88. The fraction of sp³-hybridized carbons (Fsp3) is 0.400. The lowest BCUT2D eigenvalue weighted by Crippen LogP contribution is -2.23. The lowest BCUT2D eigenvalue weighted by atomic mass is 10.1. The first-order chi connectivity index (χ1) is 8.01. The molecular weight excluding hydrogens is 260 g/mol. The van der Waals surface area contributed by atoms with E-state index in [4.69, 9.17) is 22.2 Å². The lowest BCUT2D eigenvalue weighted by molar-refractivity contribution is -0.144. The van der Waals surface area contributed by atoms with Gasteiger partial charge >= 0.3 is 5.97 Å². The molecular formula is C10H10N2O3S2. The fourth-order valence-electron chi connectivity index (χ4n) is 1.10. The zero-order chi connectivity index (χ0) is 13.0. The zero-order valence-corrected chi connectivity index (χ0v) is 10.9. The molecule has 0 bridgehead atoms. The van der Waals surface area contributed by atoms with Gasteiger partial charge in [-0.25, -0.2) is 0 Å². The molecule has 1 saturated heterocycles. The van der Waals surface area contributed by atoms with Gasteiger partial charge in [-0.15, -0.1) is 0 Å². The van der Waals surface area contributed by atoms with Gasteiger partial charge in [-0.2, -0.15) is 5.26 Å². The molecule has 0 aliphatic carbocycles. The van der Waals surface area contributed by atoms with Gasteiger partial charge in [0.2, 0.25) is 0 Å². The molecule has 1 heterocycles. The summed E-state index contributed by atoms with van der Waals surface area (Å²) in [5.74, 6) is -2.03. The molecule has 1 aliphatic rings. The highest BCUT2D eigenvalue weighted by atomic mass is 32.2. The molecule has 90 valence electrons. The molecule has 1 atom stereocenters. The maximum absolute atomic E-state index is 11.6. The lowest BCUT2D eigenvalue weighted by Gasteiger charge is -2.05. The van der Waals surface area contributed by atoms with Gasteiger partial charge in [0.1, 0.15) is 4.32 Å². The van der Waals surface area contributed by atoms with Crippen LogP contribution in [-0.4, -0.2) is 34.8 Å². The second kappa shape index (κ2) is 5.80. The van der Waals surface area contributed by atoms with Gasteiger partial charge in [0, 0.05) is 7.05 Å². The summed E-state index contributed by atoms with van der Waals surface area (Å²) < 4.78 is 5.13. The van der Waals surface area contributed by atoms with Crippen molar-refractivity contribution in [3.8, 4) is 6.07 Å². The Morgan fingerprint density at radius 3 is 2.82 bits per heavy atom. The number of thioether (sulfide) groups is 1. The van der Waals surface area contributed by atoms with Crippen LogP contribution < -0.4 is 0 Å². The Kier molecular flexibility index (Phi) is 4.66. The van der Waals surface area contributed by atoms with E-state index in [0.29, 0.717) is 4.32 Å². The monoisotopic (exact) mass is 270 g/mol. The average Bonchev–Trinajstić information content (AvgIpc) is 2.54. The van der Waals surface area contributed by atoms with Crippen molar-refractivity contribution in [1.82, 2.24) is 4.90 Å². The van der Waals surface area contributed by atoms with Gasteiger partial charge in [0.15, 0.2) is 5.92 Å². The predicted octanol–water partition coefficient (Wildman–Crippen LogP) is 1.06. The van der Waals surface area contributed by atoms with Gasteiger partial charge < -0.3 is 4.74 Å². The molecule has 1 amide bonds. The van der Waals surface area contributed by atoms with Crippen LogP contribution in [0.5, 0.6) is 0 Å². The zero-order valence-electron chi connectivity index (χ0n) is 9.30. The van der Waals surface area contributed by atoms with Crippen LogP contribution in [0.25, 0.3) is 0 Å². The van der Waals surface area contributed by atoms with Gasteiger partial charge in [0.05, 0.1) is 17.6 Å². The first-order valence-electron chi connectivity index (χ1n) is 4.79. The minimum atomic E-state index is -1.07. The van der Waals surface area contributed by atoms with Crippen molar-refractivity contribution in [3.63, 3.8) is 0 Å². The van der Waals surface area contributed by atoms with Crippen LogP contribution in [0.3, 0.4) is 0 Å². The molecule has 5 nitrogen and oxygen atoms in total. The smallest absolute Gasteiger partial charge is 0.327 e. The molecule has 0 aromatic heterocycles. The summed E-state index contributed by atoms with van der Waals surface area (Å²) >= 11 is 6.00. The second-order valence-electron chi connectivity index (χ2n) is 3.12. The maximum atomic E-state index is 11.6. The van der Waals surface area contributed by atoms with E-state index in [1.54, 1.807) is 20.0 Å². The predicted molar refractivity (Wildman–Crippen MR) is 66.8 cm³/mol. The topological polar surface area (TPSA) is 70.4 Å². The van der Waals surface area contributed by atoms with E-state index in [-0.39, 0.29) is 17.4 Å². The van der Waals surface area contributed by atoms with E-state index in [9.17, 15) is 9.59 Å². The number of hydrogen-bond acceptors (Lipinski definition) is 6. The SMILES string of the molecule is CCOC(=O)[C@H](C#N)/C=C1/SC(=S)N(C)C1=O. The normalized spacial score (nSPS) is 19.4. The number of likely N-dealkylation sites (N-methyl/N-ethyl adjacent to an activating group) is 1. The summed E-state index contributed by atoms with van der Waals surface area (Å²) in [6.07, 6.45) is 1.29. The van der Waals surface area contributed by atoms with E-state index in [2.05, 4.69) is 0 Å². The molecule has 0 N–H and O–H groups in total. The molecule has 1 rings (SSSR count). The van der Waals surface area contributed by atoms with Gasteiger partial charge in [-0.05, 0) is 13.0 Å². The number of carbonyl (C=O) groups is 2. The van der Waals surface area contributed by atoms with Crippen molar-refractivity contribution < 1.29 is 14.3 Å². The maximum Gasteiger partial charge on any atom is 0.327 e. The summed E-state index contributed by atoms with van der Waals surface area (Å²) in [4.78, 5) is 24.6. The van der Waals surface area contributed by atoms with Crippen LogP contribution in [0.4, 0.5) is 0 Å². The summed E-state index contributed by atoms with van der Waals surface area (Å²) in [7, 11) is 1.55. The quantitative estimate of drug-likeness (QED) is 0.434. The van der Waals surface area contributed by atoms with E-state index in [1.807, 2.05) is 0 Å². The number of thiocarbonyl (C=S) groups is 1. The Morgan fingerprint density at radius 2 is 2.41 bits per heavy atom. The second-order valence-corrected chi connectivity index (χ2v) is 4.80. The summed E-state index contributed by atoms with van der Waals surface area (Å²) in [5.41, 5.74) is 0. The Bertz CT molecular complexity index is 439. The minimum Gasteiger partial charge on any atom is -0.465 e. The number of nitrogens with zero attached hydrogens (tertiary/aromatic N) is 2. The summed E-state index contributed by atoms with van der Waals surface area (Å²) in [5, 5.41) is 8.84. The van der Waals surface area contributed by atoms with Crippen LogP contribution >= 0.6 is 24.0 Å². The van der Waals surface area contributed by atoms with E-state index in [1.165, 1.54) is 11.0 Å². The van der Waals surface area contributed by atoms with Crippen molar-refractivity contribution in [1.29, 1.82) is 5.26 Å². The van der Waals surface area contributed by atoms with Gasteiger partial charge in [0.25, 0.3) is 5.91 Å². The van der Waals surface area contributed by atoms with Crippen LogP contribution in [0.15, 0.2) is 11.0 Å². The van der Waals surface area contributed by atoms with Crippen LogP contribution in [-0.2, 0) is 14.3 Å². The van der Waals surface area contributed by atoms with Crippen LogP contribution in [0.1, 0.15) is 6.92 Å². The third kappa shape index (κ3) is 3.05. The number of carbonyl (C=O) groups excluding carboxylic acids is 2. The van der Waals surface area contributed by atoms with Crippen molar-refractivity contribution in [2.75, 3.05) is 13.7 Å². The number of hydrogen-bond donors (Lipinski definition) is 0. The van der Waals surface area contributed by atoms with Crippen molar-refractivity contribution >= 4 is 40.2 Å². The molecule has 0 unspecified atom stereocenters. The third-order valence-corrected chi connectivity index (χ3v) is 3.49. The number of rotatable bonds is 3. The summed E-state index contributed by atoms with van der Waals surface area (Å²) in [6.45, 7) is 1.84. The van der Waals surface area contributed by atoms with E-state index < -0.39 is 11.9 Å². The fourth-order valence-corrected chi connectivity index (χ4v) is 2.29. The highest BCUT2D eigenvalue weighted by Gasteiger charge is 2.31. The number of esters is 1. The van der Waals surface area contributed by atoms with Gasteiger partial charge in [-0.3, -0.25) is 14.5 Å². The van der Waals surface area contributed by atoms with Crippen molar-refractivity contribution in [2.24, 2.45) is 5.92 Å². The Morgan fingerprint density at radius 1 is 1.76 bits per heavy atom. The molecule has 1 fully saturated rings. The minimum absolute atomic E-state index is 0.194. The molecule has 7 heteroatoms. The van der Waals surface area contributed by atoms with E-state index >= 15 is 0 Å². The molecule has 1 aliphatic heterocycles. The highest BCUT2D eigenvalue weighted by molar-refractivity contribution is 8.26. The number of amides is 1. The first kappa shape index (κ1) is 13.7. The first-order valence-corrected chi connectivity index (χ1v) is 6.01. The third-order valence-electron chi connectivity index (χ3n) is 1.98. The Hall–Kier alpha value is -1.39. The van der Waals surface area contributed by atoms with Crippen LogP contribution in [0, 0.1) is 17.2 Å². The number of nitriles is 1. The largest absolute Gasteiger partial charge is 0.465 e. The molecule has 0 spiro atoms. The average molecular weight is 270 g/mol. The standard InChI is InChI=1S/C10H10N2O3S2/c1-3-15-9(14)6(5-11)4-7-8(13)12(2)10(16)17-7/h4,6H,3H2,1-2H3/b7-4+/t6-/m0/s1. The van der Waals surface area contributed by atoms with Crippen molar-refractivity contribution in [3.05, 3.63) is 11.0 Å². The number of ether oxygens (including phenoxy) is 1. The highest BCUT2D eigenvalue weighted by Crippen LogP contribution is 2.30. The van der Waals surface area contributed by atoms with Crippen molar-refractivity contribution in [2.45, 2.75) is 6.92 Å². The molecule has 0 aromatic carbocycles. The van der Waals surface area contributed by atoms with Crippen LogP contribution in [0.2, 0.25) is 0 Å². The molecule has 0 aromatic rings. The summed E-state index contributed by atoms with van der Waals surface area (Å²) in [6, 6.07) is 1.79. The molecule has 0 saturated carbocycles. The van der Waals surface area contributed by atoms with E-state index in [0.717, 1.165) is 11.8 Å². The molecule has 17 heavy (non-hydrogen) atoms. The molecule has 0 radical (unpaired) electrons. The Labute approximate surface area is 108 Å². The van der Waals surface area contributed by atoms with Gasteiger partial charge in [-0.1, -0.05) is 24.0 Å².